The molecule has 3 heterocycles. The average Bonchev–Trinajstić information content (AvgIpc) is 3.44. The lowest BCUT2D eigenvalue weighted by atomic mass is 10.2. The Labute approximate surface area is 211 Å². The molecule has 1 N–H and O–H groups in total. The fourth-order valence-corrected chi connectivity index (χ4v) is 5.05. The van der Waals surface area contributed by atoms with Crippen molar-refractivity contribution in [1.29, 1.82) is 0 Å². The summed E-state index contributed by atoms with van der Waals surface area (Å²) < 4.78 is 17.8. The smallest absolute Gasteiger partial charge is 0.238 e. The Morgan fingerprint density at radius 2 is 1.86 bits per heavy atom. The van der Waals surface area contributed by atoms with Crippen LogP contribution in [0.1, 0.15) is 30.6 Å². The number of benzene rings is 2. The van der Waals surface area contributed by atoms with Gasteiger partial charge in [-0.1, -0.05) is 43.0 Å². The van der Waals surface area contributed by atoms with Crippen LogP contribution in [0.4, 0.5) is 10.1 Å². The summed E-state index contributed by atoms with van der Waals surface area (Å²) in [5, 5.41) is 12.9. The minimum absolute atomic E-state index is 0.158. The van der Waals surface area contributed by atoms with Crippen LogP contribution in [0.25, 0.3) is 16.6 Å². The van der Waals surface area contributed by atoms with E-state index in [1.54, 1.807) is 22.7 Å². The molecule has 0 bridgehead atoms. The van der Waals surface area contributed by atoms with Crippen LogP contribution in [-0.4, -0.2) is 40.5 Å². The molecule has 0 saturated carbocycles. The fourth-order valence-electron chi connectivity index (χ4n) is 4.09. The Morgan fingerprint density at radius 3 is 2.61 bits per heavy atom. The molecule has 36 heavy (non-hydrogen) atoms. The molecule has 0 saturated heterocycles. The van der Waals surface area contributed by atoms with E-state index in [1.807, 2.05) is 55.8 Å². The zero-order chi connectivity index (χ0) is 25.2. The highest BCUT2D eigenvalue weighted by atomic mass is 32.2. The number of para-hydroxylation sites is 2. The highest BCUT2D eigenvalue weighted by Crippen LogP contribution is 2.29. The van der Waals surface area contributed by atoms with Crippen molar-refractivity contribution < 1.29 is 9.18 Å². The number of hydrogen-bond donors (Lipinski definition) is 1. The Morgan fingerprint density at radius 1 is 1.08 bits per heavy atom. The lowest BCUT2D eigenvalue weighted by Gasteiger charge is -2.15. The molecule has 1 amide bonds. The summed E-state index contributed by atoms with van der Waals surface area (Å²) in [5.41, 5.74) is 3.69. The Balaban J connectivity index is 1.46. The van der Waals surface area contributed by atoms with Gasteiger partial charge in [0.05, 0.1) is 22.1 Å². The molecule has 0 aliphatic heterocycles. The fraction of sp³-hybridized carbons (Fsp3) is 0.269. The van der Waals surface area contributed by atoms with E-state index in [0.717, 1.165) is 22.3 Å². The normalized spacial score (nSPS) is 12.3. The van der Waals surface area contributed by atoms with Gasteiger partial charge in [-0.2, -0.15) is 9.61 Å². The van der Waals surface area contributed by atoms with Crippen LogP contribution in [0.15, 0.2) is 59.8 Å². The second-order valence-electron chi connectivity index (χ2n) is 8.56. The van der Waals surface area contributed by atoms with E-state index >= 15 is 0 Å². The number of rotatable bonds is 8. The topological polar surface area (TPSA) is 90.0 Å². The molecule has 0 spiro atoms. The van der Waals surface area contributed by atoms with Crippen molar-refractivity contribution in [1.82, 2.24) is 29.4 Å². The van der Waals surface area contributed by atoms with E-state index in [1.165, 1.54) is 17.8 Å². The number of halogens is 1. The zero-order valence-corrected chi connectivity index (χ0v) is 21.1. The van der Waals surface area contributed by atoms with E-state index in [-0.39, 0.29) is 11.6 Å². The van der Waals surface area contributed by atoms with Gasteiger partial charge in [0.15, 0.2) is 16.6 Å². The first-order valence-corrected chi connectivity index (χ1v) is 12.7. The van der Waals surface area contributed by atoms with Crippen LogP contribution in [0.5, 0.6) is 0 Å². The molecule has 1 unspecified atom stereocenters. The van der Waals surface area contributed by atoms with Crippen molar-refractivity contribution in [3.63, 3.8) is 0 Å². The molecule has 0 aliphatic carbocycles. The maximum absolute atomic E-state index is 14.1. The number of nitrogens with zero attached hydrogens (tertiary/aromatic N) is 6. The number of nitrogens with one attached hydrogen (secondary N) is 1. The number of amides is 1. The van der Waals surface area contributed by atoms with Gasteiger partial charge in [-0.25, -0.2) is 14.4 Å². The Hall–Kier alpha value is -3.79. The number of hydrogen-bond acceptors (Lipinski definition) is 6. The summed E-state index contributed by atoms with van der Waals surface area (Å²) in [6, 6.07) is 15.9. The van der Waals surface area contributed by atoms with Crippen molar-refractivity contribution in [3.05, 3.63) is 77.6 Å². The number of anilines is 1. The van der Waals surface area contributed by atoms with Crippen molar-refractivity contribution in [2.75, 3.05) is 5.32 Å². The predicted molar refractivity (Wildman–Crippen MR) is 139 cm³/mol. The van der Waals surface area contributed by atoms with Crippen LogP contribution in [-0.2, 0) is 17.8 Å². The van der Waals surface area contributed by atoms with Gasteiger partial charge < -0.3 is 5.32 Å². The highest BCUT2D eigenvalue weighted by Gasteiger charge is 2.23. The molecule has 2 aromatic carbocycles. The van der Waals surface area contributed by atoms with Gasteiger partial charge in [-0.3, -0.25) is 9.48 Å². The van der Waals surface area contributed by atoms with E-state index in [0.29, 0.717) is 36.0 Å². The molecule has 0 fully saturated rings. The molecule has 0 radical (unpaired) electrons. The molecule has 0 aliphatic rings. The van der Waals surface area contributed by atoms with Crippen LogP contribution in [0.2, 0.25) is 0 Å². The molecule has 1 atom stereocenters. The average molecular weight is 504 g/mol. The molecule has 184 valence electrons. The summed E-state index contributed by atoms with van der Waals surface area (Å²) in [5.74, 6) is -0.0903. The van der Waals surface area contributed by atoms with Crippen LogP contribution in [0.3, 0.4) is 0 Å². The summed E-state index contributed by atoms with van der Waals surface area (Å²) in [4.78, 5) is 22.6. The van der Waals surface area contributed by atoms with Crippen molar-refractivity contribution in [3.8, 4) is 0 Å². The van der Waals surface area contributed by atoms with E-state index < -0.39 is 11.1 Å². The third-order valence-electron chi connectivity index (χ3n) is 5.89. The number of thioether (sulfide) groups is 1. The van der Waals surface area contributed by atoms with Gasteiger partial charge in [-0.05, 0) is 50.6 Å². The molecule has 10 heteroatoms. The van der Waals surface area contributed by atoms with Gasteiger partial charge in [0.25, 0.3) is 0 Å². The maximum Gasteiger partial charge on any atom is 0.238 e. The van der Waals surface area contributed by atoms with Crippen molar-refractivity contribution in [2.24, 2.45) is 0 Å². The maximum atomic E-state index is 14.1. The van der Waals surface area contributed by atoms with Crippen molar-refractivity contribution in [2.45, 2.75) is 50.6 Å². The zero-order valence-electron chi connectivity index (χ0n) is 20.3. The number of carbonyl (C=O) groups is 1. The largest absolute Gasteiger partial charge is 0.323 e. The first kappa shape index (κ1) is 23.9. The number of aryl methyl sites for hydroxylation is 4. The van der Waals surface area contributed by atoms with E-state index in [9.17, 15) is 9.18 Å². The summed E-state index contributed by atoms with van der Waals surface area (Å²) >= 11 is 1.30. The van der Waals surface area contributed by atoms with E-state index in [4.69, 9.17) is 15.1 Å². The molecule has 3 aromatic heterocycles. The standard InChI is InChI=1S/C26H26FN7OS/c1-4-22(25(35)28-21-12-8-6-10-19(21)27)36-26-29-20-11-7-5-9-18(20)24-30-23(32-34(24)26)13-14-33-17(3)15-16(2)31-33/h5-12,15,22H,4,13-14H2,1-3H3,(H,28,35). The minimum Gasteiger partial charge on any atom is -0.323 e. The third kappa shape index (κ3) is 4.81. The van der Waals surface area contributed by atoms with Gasteiger partial charge in [-0.15, -0.1) is 5.10 Å². The van der Waals surface area contributed by atoms with Crippen LogP contribution >= 0.6 is 11.8 Å². The molecule has 5 aromatic rings. The lowest BCUT2D eigenvalue weighted by molar-refractivity contribution is -0.115. The van der Waals surface area contributed by atoms with Crippen molar-refractivity contribution >= 4 is 39.9 Å². The summed E-state index contributed by atoms with van der Waals surface area (Å²) in [6.07, 6.45) is 1.13. The minimum atomic E-state index is -0.496. The summed E-state index contributed by atoms with van der Waals surface area (Å²) in [6.45, 7) is 6.58. The van der Waals surface area contributed by atoms with Gasteiger partial charge in [0.2, 0.25) is 5.91 Å². The van der Waals surface area contributed by atoms with Gasteiger partial charge >= 0.3 is 0 Å². The SMILES string of the molecule is CCC(Sc1nc2ccccc2c2nc(CCn3nc(C)cc3C)nn12)C(=O)Nc1ccccc1F. The number of fused-ring (bicyclic) bond motifs is 3. The second kappa shape index (κ2) is 10.1. The molecule has 5 rings (SSSR count). The molecular formula is C26H26FN7OS. The third-order valence-corrected chi connectivity index (χ3v) is 7.19. The monoisotopic (exact) mass is 503 g/mol. The summed E-state index contributed by atoms with van der Waals surface area (Å²) in [7, 11) is 0. The molecular weight excluding hydrogens is 477 g/mol. The second-order valence-corrected chi connectivity index (χ2v) is 9.73. The predicted octanol–water partition coefficient (Wildman–Crippen LogP) is 4.98. The first-order chi connectivity index (χ1) is 17.4. The van der Waals surface area contributed by atoms with Crippen LogP contribution < -0.4 is 5.32 Å². The highest BCUT2D eigenvalue weighted by molar-refractivity contribution is 8.00. The van der Waals surface area contributed by atoms with E-state index in [2.05, 4.69) is 10.4 Å². The van der Waals surface area contributed by atoms with Gasteiger partial charge in [0.1, 0.15) is 5.82 Å². The van der Waals surface area contributed by atoms with Gasteiger partial charge in [0, 0.05) is 24.0 Å². The Bertz CT molecular complexity index is 1560. The molecule has 8 nitrogen and oxygen atoms in total. The Kier molecular flexibility index (Phi) is 6.69. The quantitative estimate of drug-likeness (QED) is 0.237. The van der Waals surface area contributed by atoms with Crippen LogP contribution in [0, 0.1) is 19.7 Å². The number of aromatic nitrogens is 6. The lowest BCUT2D eigenvalue weighted by Crippen LogP contribution is -2.25. The number of carbonyl (C=O) groups excluding carboxylic acids is 1. The first-order valence-electron chi connectivity index (χ1n) is 11.8.